The molecule has 0 amide bonds. The van der Waals surface area contributed by atoms with E-state index in [1.54, 1.807) is 0 Å². The molecule has 0 aromatic rings. The monoisotopic (exact) mass is 186 g/mol. The van der Waals surface area contributed by atoms with Crippen LogP contribution in [0, 0.1) is 0 Å². The fourth-order valence-electron chi connectivity index (χ4n) is 1.56. The molecule has 1 saturated heterocycles. The first-order valence-corrected chi connectivity index (χ1v) is 4.92. The van der Waals surface area contributed by atoms with Crippen molar-refractivity contribution in [3.05, 3.63) is 0 Å². The summed E-state index contributed by atoms with van der Waals surface area (Å²) in [6, 6.07) is -0.370. The smallest absolute Gasteiger partial charge is 0.322 e. The molecule has 1 rings (SSSR count). The summed E-state index contributed by atoms with van der Waals surface area (Å²) in [6.45, 7) is 5.60. The highest BCUT2D eigenvalue weighted by Gasteiger charge is 2.23. The Hall–Kier alpha value is -0.610. The Morgan fingerprint density at radius 3 is 3.08 bits per heavy atom. The SMILES string of the molecule is CCCCN1CCNC(C(=O)O)C1. The van der Waals surface area contributed by atoms with Crippen molar-refractivity contribution >= 4 is 5.97 Å². The number of piperazine rings is 1. The van der Waals surface area contributed by atoms with Crippen LogP contribution in [0.2, 0.25) is 0 Å². The second-order valence-electron chi connectivity index (χ2n) is 3.50. The third-order valence-corrected chi connectivity index (χ3v) is 2.39. The van der Waals surface area contributed by atoms with E-state index < -0.39 is 5.97 Å². The van der Waals surface area contributed by atoms with E-state index >= 15 is 0 Å². The molecule has 1 aliphatic rings. The maximum absolute atomic E-state index is 10.7. The van der Waals surface area contributed by atoms with Crippen LogP contribution in [0.5, 0.6) is 0 Å². The highest BCUT2D eigenvalue weighted by molar-refractivity contribution is 5.73. The fraction of sp³-hybridized carbons (Fsp3) is 0.889. The predicted molar refractivity (Wildman–Crippen MR) is 50.8 cm³/mol. The molecule has 0 bridgehead atoms. The van der Waals surface area contributed by atoms with Gasteiger partial charge in [0, 0.05) is 19.6 Å². The molecule has 0 radical (unpaired) electrons. The second kappa shape index (κ2) is 5.19. The standard InChI is InChI=1S/C9H18N2O2/c1-2-3-5-11-6-4-10-8(7-11)9(12)13/h8,10H,2-7H2,1H3,(H,12,13). The lowest BCUT2D eigenvalue weighted by Crippen LogP contribution is -2.54. The maximum atomic E-state index is 10.7. The highest BCUT2D eigenvalue weighted by Crippen LogP contribution is 2.01. The maximum Gasteiger partial charge on any atom is 0.322 e. The average Bonchev–Trinajstić information content (AvgIpc) is 2.15. The van der Waals surface area contributed by atoms with Crippen LogP contribution in [0.1, 0.15) is 19.8 Å². The molecule has 13 heavy (non-hydrogen) atoms. The Morgan fingerprint density at radius 1 is 1.69 bits per heavy atom. The van der Waals surface area contributed by atoms with Gasteiger partial charge in [0.1, 0.15) is 6.04 Å². The lowest BCUT2D eigenvalue weighted by Gasteiger charge is -2.31. The molecule has 1 aliphatic heterocycles. The van der Waals surface area contributed by atoms with Gasteiger partial charge in [-0.2, -0.15) is 0 Å². The van der Waals surface area contributed by atoms with Gasteiger partial charge in [0.15, 0.2) is 0 Å². The van der Waals surface area contributed by atoms with Crippen molar-refractivity contribution in [3.63, 3.8) is 0 Å². The van der Waals surface area contributed by atoms with Crippen molar-refractivity contribution in [2.24, 2.45) is 0 Å². The third-order valence-electron chi connectivity index (χ3n) is 2.39. The van der Waals surface area contributed by atoms with Gasteiger partial charge in [-0.25, -0.2) is 0 Å². The lowest BCUT2D eigenvalue weighted by atomic mass is 10.2. The fourth-order valence-corrected chi connectivity index (χ4v) is 1.56. The minimum Gasteiger partial charge on any atom is -0.480 e. The summed E-state index contributed by atoms with van der Waals surface area (Å²) in [5.74, 6) is -0.735. The number of nitrogens with one attached hydrogen (secondary N) is 1. The molecule has 0 spiro atoms. The summed E-state index contributed by atoms with van der Waals surface area (Å²) < 4.78 is 0. The first-order valence-electron chi connectivity index (χ1n) is 4.92. The summed E-state index contributed by atoms with van der Waals surface area (Å²) in [6.07, 6.45) is 2.33. The van der Waals surface area contributed by atoms with E-state index in [-0.39, 0.29) is 6.04 Å². The van der Waals surface area contributed by atoms with Gasteiger partial charge in [-0.1, -0.05) is 13.3 Å². The van der Waals surface area contributed by atoms with Crippen LogP contribution in [0.4, 0.5) is 0 Å². The molecule has 4 nitrogen and oxygen atoms in total. The van der Waals surface area contributed by atoms with E-state index in [1.165, 1.54) is 6.42 Å². The Labute approximate surface area is 78.9 Å². The van der Waals surface area contributed by atoms with E-state index in [1.807, 2.05) is 0 Å². The molecule has 0 saturated carbocycles. The van der Waals surface area contributed by atoms with E-state index in [9.17, 15) is 4.79 Å². The van der Waals surface area contributed by atoms with Crippen molar-refractivity contribution in [2.45, 2.75) is 25.8 Å². The van der Waals surface area contributed by atoms with Crippen LogP contribution in [0.3, 0.4) is 0 Å². The zero-order chi connectivity index (χ0) is 9.68. The Balaban J connectivity index is 2.29. The largest absolute Gasteiger partial charge is 0.480 e. The second-order valence-corrected chi connectivity index (χ2v) is 3.50. The van der Waals surface area contributed by atoms with E-state index in [2.05, 4.69) is 17.1 Å². The van der Waals surface area contributed by atoms with Crippen LogP contribution in [-0.4, -0.2) is 48.2 Å². The first-order chi connectivity index (χ1) is 6.24. The van der Waals surface area contributed by atoms with Crippen molar-refractivity contribution in [1.29, 1.82) is 0 Å². The molecule has 76 valence electrons. The van der Waals surface area contributed by atoms with Crippen molar-refractivity contribution in [3.8, 4) is 0 Å². The third kappa shape index (κ3) is 3.32. The molecule has 0 aromatic heterocycles. The quantitative estimate of drug-likeness (QED) is 0.656. The number of unbranched alkanes of at least 4 members (excludes halogenated alkanes) is 1. The number of carboxylic acid groups (broad SMARTS) is 1. The van der Waals surface area contributed by atoms with E-state index in [0.717, 1.165) is 26.1 Å². The first kappa shape index (κ1) is 10.5. The summed E-state index contributed by atoms with van der Waals surface area (Å²) in [7, 11) is 0. The van der Waals surface area contributed by atoms with Gasteiger partial charge in [0.05, 0.1) is 0 Å². The van der Waals surface area contributed by atoms with Gasteiger partial charge in [-0.3, -0.25) is 9.69 Å². The van der Waals surface area contributed by atoms with Gasteiger partial charge >= 0.3 is 5.97 Å². The van der Waals surface area contributed by atoms with E-state index in [0.29, 0.717) is 6.54 Å². The van der Waals surface area contributed by atoms with Crippen LogP contribution in [0.15, 0.2) is 0 Å². The molecule has 0 aliphatic carbocycles. The Kier molecular flexibility index (Phi) is 4.18. The summed E-state index contributed by atoms with van der Waals surface area (Å²) >= 11 is 0. The molecule has 1 heterocycles. The molecule has 1 fully saturated rings. The zero-order valence-corrected chi connectivity index (χ0v) is 8.12. The Bertz CT molecular complexity index is 173. The number of hydrogen-bond acceptors (Lipinski definition) is 3. The number of carbonyl (C=O) groups is 1. The average molecular weight is 186 g/mol. The van der Waals surface area contributed by atoms with E-state index in [4.69, 9.17) is 5.11 Å². The van der Waals surface area contributed by atoms with Crippen LogP contribution < -0.4 is 5.32 Å². The van der Waals surface area contributed by atoms with Gasteiger partial charge < -0.3 is 10.4 Å². The topological polar surface area (TPSA) is 52.6 Å². The minimum atomic E-state index is -0.735. The molecular weight excluding hydrogens is 168 g/mol. The van der Waals surface area contributed by atoms with Gasteiger partial charge in [0.2, 0.25) is 0 Å². The molecule has 2 N–H and O–H groups in total. The summed E-state index contributed by atoms with van der Waals surface area (Å²) in [5, 5.41) is 11.8. The number of rotatable bonds is 4. The minimum absolute atomic E-state index is 0.370. The predicted octanol–water partition coefficient (Wildman–Crippen LogP) is 0.145. The highest BCUT2D eigenvalue weighted by atomic mass is 16.4. The normalized spacial score (nSPS) is 24.5. The van der Waals surface area contributed by atoms with Gasteiger partial charge in [0.25, 0.3) is 0 Å². The number of hydrogen-bond donors (Lipinski definition) is 2. The number of aliphatic carboxylic acids is 1. The number of carboxylic acids is 1. The molecule has 4 heteroatoms. The molecule has 1 atom stereocenters. The number of nitrogens with zero attached hydrogens (tertiary/aromatic N) is 1. The van der Waals surface area contributed by atoms with Crippen molar-refractivity contribution in [1.82, 2.24) is 10.2 Å². The van der Waals surface area contributed by atoms with Gasteiger partial charge in [-0.05, 0) is 13.0 Å². The lowest BCUT2D eigenvalue weighted by molar-refractivity contribution is -0.140. The van der Waals surface area contributed by atoms with Crippen molar-refractivity contribution in [2.75, 3.05) is 26.2 Å². The van der Waals surface area contributed by atoms with Gasteiger partial charge in [-0.15, -0.1) is 0 Å². The van der Waals surface area contributed by atoms with Crippen LogP contribution in [-0.2, 0) is 4.79 Å². The molecule has 0 aromatic carbocycles. The zero-order valence-electron chi connectivity index (χ0n) is 8.12. The summed E-state index contributed by atoms with van der Waals surface area (Å²) in [5.41, 5.74) is 0. The summed E-state index contributed by atoms with van der Waals surface area (Å²) in [4.78, 5) is 12.9. The molecular formula is C9H18N2O2. The van der Waals surface area contributed by atoms with Crippen LogP contribution in [0.25, 0.3) is 0 Å². The van der Waals surface area contributed by atoms with Crippen LogP contribution >= 0.6 is 0 Å². The molecule has 1 unspecified atom stereocenters. The Morgan fingerprint density at radius 2 is 2.46 bits per heavy atom. The van der Waals surface area contributed by atoms with Crippen molar-refractivity contribution < 1.29 is 9.90 Å².